The van der Waals surface area contributed by atoms with Crippen molar-refractivity contribution in [3.05, 3.63) is 29.3 Å². The Morgan fingerprint density at radius 3 is 2.43 bits per heavy atom. The van der Waals surface area contributed by atoms with Gasteiger partial charge in [-0.15, -0.1) is 0 Å². The van der Waals surface area contributed by atoms with Crippen LogP contribution in [0.4, 0.5) is 5.69 Å². The fourth-order valence-corrected chi connectivity index (χ4v) is 5.23. The molecule has 0 aromatic heterocycles. The number of carbonyl (C=O) groups is 1. The predicted octanol–water partition coefficient (Wildman–Crippen LogP) is 1.39. The van der Waals surface area contributed by atoms with E-state index in [4.69, 9.17) is 0 Å². The normalized spacial score (nSPS) is 24.0. The summed E-state index contributed by atoms with van der Waals surface area (Å²) >= 11 is 0. The fraction of sp³-hybridized carbons (Fsp3) is 0.588. The van der Waals surface area contributed by atoms with Crippen LogP contribution in [0, 0.1) is 19.8 Å². The summed E-state index contributed by atoms with van der Waals surface area (Å²) in [6.07, 6.45) is 0.484. The number of hydrogen-bond donors (Lipinski definition) is 0. The molecule has 2 saturated heterocycles. The summed E-state index contributed by atoms with van der Waals surface area (Å²) in [7, 11) is -3.00. The van der Waals surface area contributed by atoms with E-state index in [1.165, 1.54) is 16.8 Å². The van der Waals surface area contributed by atoms with Gasteiger partial charge in [0.05, 0.1) is 17.4 Å². The smallest absolute Gasteiger partial charge is 0.226 e. The number of carbonyl (C=O) groups excluding carboxylic acids is 1. The maximum atomic E-state index is 12.5. The van der Waals surface area contributed by atoms with Crippen molar-refractivity contribution in [2.45, 2.75) is 20.3 Å². The van der Waals surface area contributed by atoms with Gasteiger partial charge in [-0.1, -0.05) is 12.1 Å². The molecule has 5 nitrogen and oxygen atoms in total. The second-order valence-electron chi connectivity index (χ2n) is 6.63. The number of aryl methyl sites for hydroxylation is 1. The van der Waals surface area contributed by atoms with Gasteiger partial charge in [0, 0.05) is 31.9 Å². The second-order valence-corrected chi connectivity index (χ2v) is 8.86. The molecular formula is C17H24N2O3S. The van der Waals surface area contributed by atoms with Gasteiger partial charge in [-0.05, 0) is 37.5 Å². The van der Waals surface area contributed by atoms with Crippen LogP contribution in [0.1, 0.15) is 17.5 Å². The fourth-order valence-electron chi connectivity index (χ4n) is 3.49. The number of sulfone groups is 1. The van der Waals surface area contributed by atoms with Crippen LogP contribution in [0.2, 0.25) is 0 Å². The van der Waals surface area contributed by atoms with Gasteiger partial charge >= 0.3 is 0 Å². The number of benzene rings is 1. The summed E-state index contributed by atoms with van der Waals surface area (Å²) in [5.74, 6) is -0.117. The highest BCUT2D eigenvalue weighted by atomic mass is 32.2. The molecule has 6 heteroatoms. The SMILES string of the molecule is Cc1cccc(N2CCN(C(=O)[C@@H]3CCS(=O)(=O)C3)CC2)c1C. The Kier molecular flexibility index (Phi) is 4.36. The number of amides is 1. The molecular weight excluding hydrogens is 312 g/mol. The Bertz CT molecular complexity index is 707. The molecule has 2 heterocycles. The van der Waals surface area contributed by atoms with Crippen molar-refractivity contribution in [1.29, 1.82) is 0 Å². The van der Waals surface area contributed by atoms with Gasteiger partial charge in [-0.3, -0.25) is 4.79 Å². The van der Waals surface area contributed by atoms with E-state index >= 15 is 0 Å². The first-order valence-corrected chi connectivity index (χ1v) is 10.00. The van der Waals surface area contributed by atoms with Crippen molar-refractivity contribution in [2.75, 3.05) is 42.6 Å². The lowest BCUT2D eigenvalue weighted by atomic mass is 10.1. The topological polar surface area (TPSA) is 57.7 Å². The zero-order valence-electron chi connectivity index (χ0n) is 13.8. The van der Waals surface area contributed by atoms with E-state index in [1.807, 2.05) is 4.90 Å². The molecule has 2 aliphatic heterocycles. The first-order valence-electron chi connectivity index (χ1n) is 8.18. The summed E-state index contributed by atoms with van der Waals surface area (Å²) in [5, 5.41) is 0. The van der Waals surface area contributed by atoms with E-state index in [-0.39, 0.29) is 23.3 Å². The summed E-state index contributed by atoms with van der Waals surface area (Å²) in [6.45, 7) is 7.18. The molecule has 2 fully saturated rings. The number of anilines is 1. The van der Waals surface area contributed by atoms with E-state index < -0.39 is 9.84 Å². The molecule has 1 aromatic rings. The standard InChI is InChI=1S/C17H24N2O3S/c1-13-4-3-5-16(14(13)2)18-7-9-19(10-8-18)17(20)15-6-11-23(21,22)12-15/h3-5,15H,6-12H2,1-2H3/t15-/m1/s1. The number of hydrogen-bond acceptors (Lipinski definition) is 4. The van der Waals surface area contributed by atoms with Crippen molar-refractivity contribution in [3.63, 3.8) is 0 Å². The van der Waals surface area contributed by atoms with Crippen LogP contribution < -0.4 is 4.90 Å². The third kappa shape index (κ3) is 3.37. The van der Waals surface area contributed by atoms with Crippen molar-refractivity contribution >= 4 is 21.4 Å². The Morgan fingerprint density at radius 2 is 1.83 bits per heavy atom. The van der Waals surface area contributed by atoms with Gasteiger partial charge in [-0.2, -0.15) is 0 Å². The molecule has 3 rings (SSSR count). The molecule has 0 saturated carbocycles. The molecule has 23 heavy (non-hydrogen) atoms. The van der Waals surface area contributed by atoms with E-state index in [1.54, 1.807) is 0 Å². The second kappa shape index (κ2) is 6.15. The molecule has 0 aliphatic carbocycles. The molecule has 0 radical (unpaired) electrons. The number of nitrogens with zero attached hydrogens (tertiary/aromatic N) is 2. The highest BCUT2D eigenvalue weighted by Crippen LogP contribution is 2.25. The Labute approximate surface area is 138 Å². The zero-order valence-corrected chi connectivity index (χ0v) is 14.6. The minimum Gasteiger partial charge on any atom is -0.368 e. The molecule has 0 unspecified atom stereocenters. The van der Waals surface area contributed by atoms with Gasteiger partial charge < -0.3 is 9.80 Å². The monoisotopic (exact) mass is 336 g/mol. The van der Waals surface area contributed by atoms with Gasteiger partial charge in [0.15, 0.2) is 9.84 Å². The highest BCUT2D eigenvalue weighted by molar-refractivity contribution is 7.91. The van der Waals surface area contributed by atoms with Gasteiger partial charge in [0.2, 0.25) is 5.91 Å². The van der Waals surface area contributed by atoms with Crippen molar-refractivity contribution in [1.82, 2.24) is 4.90 Å². The number of piperazine rings is 1. The maximum Gasteiger partial charge on any atom is 0.226 e. The molecule has 0 spiro atoms. The van der Waals surface area contributed by atoms with Crippen LogP contribution in [0.25, 0.3) is 0 Å². The van der Waals surface area contributed by atoms with E-state index in [2.05, 4.69) is 36.9 Å². The predicted molar refractivity (Wildman–Crippen MR) is 91.5 cm³/mol. The molecule has 1 atom stereocenters. The van der Waals surface area contributed by atoms with Crippen LogP contribution in [0.5, 0.6) is 0 Å². The zero-order chi connectivity index (χ0) is 16.6. The van der Waals surface area contributed by atoms with Crippen LogP contribution >= 0.6 is 0 Å². The minimum atomic E-state index is -3.00. The lowest BCUT2D eigenvalue weighted by Crippen LogP contribution is -2.50. The lowest BCUT2D eigenvalue weighted by Gasteiger charge is -2.38. The third-order valence-corrected chi connectivity index (χ3v) is 6.86. The van der Waals surface area contributed by atoms with Crippen LogP contribution in [0.15, 0.2) is 18.2 Å². The maximum absolute atomic E-state index is 12.5. The quantitative estimate of drug-likeness (QED) is 0.819. The average molecular weight is 336 g/mol. The van der Waals surface area contributed by atoms with Gasteiger partial charge in [0.1, 0.15) is 0 Å². The largest absolute Gasteiger partial charge is 0.368 e. The van der Waals surface area contributed by atoms with Gasteiger partial charge in [-0.25, -0.2) is 8.42 Å². The molecule has 0 N–H and O–H groups in total. The molecule has 2 aliphatic rings. The van der Waals surface area contributed by atoms with E-state index in [0.29, 0.717) is 19.5 Å². The first kappa shape index (κ1) is 16.3. The van der Waals surface area contributed by atoms with Crippen LogP contribution in [-0.2, 0) is 14.6 Å². The van der Waals surface area contributed by atoms with Gasteiger partial charge in [0.25, 0.3) is 0 Å². The van der Waals surface area contributed by atoms with Crippen molar-refractivity contribution in [3.8, 4) is 0 Å². The van der Waals surface area contributed by atoms with E-state index in [0.717, 1.165) is 13.1 Å². The summed E-state index contributed by atoms with van der Waals surface area (Å²) in [5.41, 5.74) is 3.80. The Hall–Kier alpha value is -1.56. The Morgan fingerprint density at radius 1 is 1.13 bits per heavy atom. The minimum absolute atomic E-state index is 0.0201. The average Bonchev–Trinajstić information content (AvgIpc) is 2.90. The van der Waals surface area contributed by atoms with Crippen LogP contribution in [0.3, 0.4) is 0 Å². The van der Waals surface area contributed by atoms with Crippen molar-refractivity contribution in [2.24, 2.45) is 5.92 Å². The van der Waals surface area contributed by atoms with Crippen molar-refractivity contribution < 1.29 is 13.2 Å². The molecule has 0 bridgehead atoms. The van der Waals surface area contributed by atoms with E-state index in [9.17, 15) is 13.2 Å². The highest BCUT2D eigenvalue weighted by Gasteiger charge is 2.36. The Balaban J connectivity index is 1.62. The van der Waals surface area contributed by atoms with Crippen LogP contribution in [-0.4, -0.2) is 56.9 Å². The lowest BCUT2D eigenvalue weighted by molar-refractivity contribution is -0.135. The summed E-state index contributed by atoms with van der Waals surface area (Å²) in [4.78, 5) is 16.7. The third-order valence-electron chi connectivity index (χ3n) is 5.09. The first-order chi connectivity index (χ1) is 10.9. The molecule has 126 valence electrons. The summed E-state index contributed by atoms with van der Waals surface area (Å²) < 4.78 is 23.1. The number of rotatable bonds is 2. The summed E-state index contributed by atoms with van der Waals surface area (Å²) in [6, 6.07) is 6.31. The molecule has 1 amide bonds. The molecule has 1 aromatic carbocycles.